The Hall–Kier alpha value is -1.88. The molecular weight excluding hydrogens is 450 g/mol. The van der Waals surface area contributed by atoms with E-state index in [4.69, 9.17) is 4.74 Å². The maximum Gasteiger partial charge on any atom is 0.358 e. The monoisotopic (exact) mass is 475 g/mol. The predicted octanol–water partition coefficient (Wildman–Crippen LogP) is 3.14. The Balaban J connectivity index is 1.65. The second-order valence-electron chi connectivity index (χ2n) is 7.68. The van der Waals surface area contributed by atoms with Gasteiger partial charge in [-0.1, -0.05) is 45.0 Å². The summed E-state index contributed by atoms with van der Waals surface area (Å²) >= 11 is -0.211. The summed E-state index contributed by atoms with van der Waals surface area (Å²) in [6, 6.07) is 21.8. The minimum atomic E-state index is -0.224. The quantitative estimate of drug-likeness (QED) is 0.516. The number of ether oxygens (including phenoxy) is 1. The van der Waals surface area contributed by atoms with Crippen molar-refractivity contribution in [2.24, 2.45) is 0 Å². The number of hydrogen-bond donors (Lipinski definition) is 0. The minimum absolute atomic E-state index is 0.191. The van der Waals surface area contributed by atoms with E-state index in [1.165, 1.54) is 30.4 Å². The van der Waals surface area contributed by atoms with Gasteiger partial charge in [0, 0.05) is 5.56 Å². The van der Waals surface area contributed by atoms with Gasteiger partial charge in [0.1, 0.15) is 18.2 Å². The Morgan fingerprint density at radius 1 is 0.889 bits per heavy atom. The molecule has 0 saturated carbocycles. The lowest BCUT2D eigenvalue weighted by molar-refractivity contribution is -0.598. The smallest absolute Gasteiger partial charge is 0.358 e. The second-order valence-corrected chi connectivity index (χ2v) is 10.6. The van der Waals surface area contributed by atoms with Gasteiger partial charge in [0.05, 0.1) is 0 Å². The van der Waals surface area contributed by atoms with Crippen LogP contribution >= 0.6 is 0 Å². The van der Waals surface area contributed by atoms with Gasteiger partial charge in [0.15, 0.2) is 7.14 Å². The van der Waals surface area contributed by atoms with E-state index in [1.54, 1.807) is 12.1 Å². The zero-order chi connectivity index (χ0) is 19.4. The summed E-state index contributed by atoms with van der Waals surface area (Å²) in [7, 11) is 0. The van der Waals surface area contributed by atoms with Crippen molar-refractivity contribution < 1.29 is 30.3 Å². The van der Waals surface area contributed by atoms with E-state index in [1.807, 2.05) is 6.07 Å². The number of hydrogen-bond acceptors (Lipinski definition) is 1. The Labute approximate surface area is 171 Å². The van der Waals surface area contributed by atoms with Crippen LogP contribution in [0.15, 0.2) is 66.7 Å². The molecule has 0 bridgehead atoms. The topological polar surface area (TPSA) is 9.23 Å². The van der Waals surface area contributed by atoms with Crippen LogP contribution in [0.2, 0.25) is 0 Å². The normalized spacial score (nSPS) is 11.4. The van der Waals surface area contributed by atoms with Crippen molar-refractivity contribution in [1.82, 2.24) is 0 Å². The van der Waals surface area contributed by atoms with E-state index in [2.05, 4.69) is 64.1 Å². The number of halogens is 2. The van der Waals surface area contributed by atoms with Crippen LogP contribution in [-0.4, -0.2) is 0 Å². The average Bonchev–Trinajstić information content (AvgIpc) is 2.63. The molecule has 0 spiro atoms. The molecule has 1 nitrogen and oxygen atoms in total. The van der Waals surface area contributed by atoms with Crippen molar-refractivity contribution >= 4 is 0 Å². The number of rotatable bonds is 5. The van der Waals surface area contributed by atoms with E-state index in [-0.39, 0.29) is 32.4 Å². The lowest BCUT2D eigenvalue weighted by Gasteiger charge is -2.18. The van der Waals surface area contributed by atoms with Crippen LogP contribution in [0.3, 0.4) is 0 Å². The molecule has 0 atom stereocenters. The molecule has 0 aliphatic rings. The van der Waals surface area contributed by atoms with Gasteiger partial charge < -0.3 is 4.74 Å². The van der Waals surface area contributed by atoms with Gasteiger partial charge in [-0.05, 0) is 65.9 Å². The first-order chi connectivity index (χ1) is 12.8. The molecular formula is C24H25FIO+. The summed E-state index contributed by atoms with van der Waals surface area (Å²) in [5.41, 5.74) is 3.79. The van der Waals surface area contributed by atoms with Crippen LogP contribution in [-0.2, 0) is 12.0 Å². The largest absolute Gasteiger partial charge is 0.489 e. The molecule has 3 aromatic carbocycles. The zero-order valence-corrected chi connectivity index (χ0v) is 18.4. The van der Waals surface area contributed by atoms with Crippen LogP contribution in [0.1, 0.15) is 37.5 Å². The van der Waals surface area contributed by atoms with Crippen LogP contribution in [0.5, 0.6) is 5.75 Å². The fourth-order valence-electron chi connectivity index (χ4n) is 2.69. The third-order valence-corrected chi connectivity index (χ3v) is 7.50. The summed E-state index contributed by atoms with van der Waals surface area (Å²) < 4.78 is 21.7. The van der Waals surface area contributed by atoms with E-state index in [9.17, 15) is 4.39 Å². The summed E-state index contributed by atoms with van der Waals surface area (Å²) in [6.45, 7) is 9.31. The predicted molar refractivity (Wildman–Crippen MR) is 104 cm³/mol. The van der Waals surface area contributed by atoms with Gasteiger partial charge in [-0.25, -0.2) is 4.39 Å². The van der Waals surface area contributed by atoms with Crippen LogP contribution in [0.4, 0.5) is 4.39 Å². The SMILES string of the molecule is Cc1cc(OCc2ccc(F)cc2)ccc1[I+]c1ccc(C(C)(C)C)cc1. The maximum absolute atomic E-state index is 13.0. The molecule has 0 saturated heterocycles. The molecule has 140 valence electrons. The molecule has 0 amide bonds. The summed E-state index contributed by atoms with van der Waals surface area (Å²) in [4.78, 5) is 0. The third kappa shape index (κ3) is 5.55. The van der Waals surface area contributed by atoms with Gasteiger partial charge in [0.2, 0.25) is 0 Å². The molecule has 0 fully saturated rings. The van der Waals surface area contributed by atoms with Crippen molar-refractivity contribution in [3.05, 3.63) is 96.4 Å². The van der Waals surface area contributed by atoms with E-state index >= 15 is 0 Å². The first kappa shape index (κ1) is 19.9. The highest BCUT2D eigenvalue weighted by atomic mass is 127. The van der Waals surface area contributed by atoms with Gasteiger partial charge >= 0.3 is 21.2 Å². The second kappa shape index (κ2) is 8.42. The van der Waals surface area contributed by atoms with E-state index < -0.39 is 0 Å². The Morgan fingerprint density at radius 2 is 1.56 bits per heavy atom. The van der Waals surface area contributed by atoms with Crippen molar-refractivity contribution in [1.29, 1.82) is 0 Å². The third-order valence-electron chi connectivity index (χ3n) is 4.37. The van der Waals surface area contributed by atoms with Crippen LogP contribution in [0, 0.1) is 19.9 Å². The lowest BCUT2D eigenvalue weighted by atomic mass is 9.87. The van der Waals surface area contributed by atoms with Crippen LogP contribution in [0.25, 0.3) is 0 Å². The highest BCUT2D eigenvalue weighted by molar-refractivity contribution is 5.28. The zero-order valence-electron chi connectivity index (χ0n) is 16.2. The van der Waals surface area contributed by atoms with Crippen molar-refractivity contribution in [2.45, 2.75) is 39.7 Å². The summed E-state index contributed by atoms with van der Waals surface area (Å²) in [5, 5.41) is 0. The molecule has 0 heterocycles. The number of aryl methyl sites for hydroxylation is 1. The fraction of sp³-hybridized carbons (Fsp3) is 0.250. The highest BCUT2D eigenvalue weighted by Gasteiger charge is 2.20. The molecule has 0 N–H and O–H groups in total. The van der Waals surface area contributed by atoms with Gasteiger partial charge in [0.25, 0.3) is 0 Å². The Morgan fingerprint density at radius 3 is 2.15 bits per heavy atom. The van der Waals surface area contributed by atoms with E-state index in [0.29, 0.717) is 6.61 Å². The van der Waals surface area contributed by atoms with Gasteiger partial charge in [-0.3, -0.25) is 0 Å². The van der Waals surface area contributed by atoms with Crippen LogP contribution < -0.4 is 25.9 Å². The standard InChI is InChI=1S/C24H25FIO/c1-17-15-22(27-16-18-5-9-20(25)10-6-18)13-14-23(17)26-21-11-7-19(8-12-21)24(2,3)4/h5-15H,16H2,1-4H3/q+1. The highest BCUT2D eigenvalue weighted by Crippen LogP contribution is 2.21. The molecule has 3 heteroatoms. The fourth-order valence-corrected chi connectivity index (χ4v) is 5.02. The lowest BCUT2D eigenvalue weighted by Crippen LogP contribution is -3.61. The Bertz CT molecular complexity index is 893. The first-order valence-electron chi connectivity index (χ1n) is 9.04. The molecule has 0 aliphatic carbocycles. The Kier molecular flexibility index (Phi) is 6.20. The van der Waals surface area contributed by atoms with Gasteiger partial charge in [-0.15, -0.1) is 0 Å². The number of benzene rings is 3. The molecule has 3 rings (SSSR count). The average molecular weight is 475 g/mol. The minimum Gasteiger partial charge on any atom is -0.489 e. The molecule has 0 aliphatic heterocycles. The van der Waals surface area contributed by atoms with Gasteiger partial charge in [-0.2, -0.15) is 0 Å². The molecule has 0 radical (unpaired) electrons. The maximum atomic E-state index is 13.0. The summed E-state index contributed by atoms with van der Waals surface area (Å²) in [6.07, 6.45) is 0. The molecule has 3 aromatic rings. The summed E-state index contributed by atoms with van der Waals surface area (Å²) in [5.74, 6) is 0.631. The molecule has 0 aromatic heterocycles. The van der Waals surface area contributed by atoms with E-state index in [0.717, 1.165) is 11.3 Å². The molecule has 27 heavy (non-hydrogen) atoms. The van der Waals surface area contributed by atoms with Crippen molar-refractivity contribution in [3.63, 3.8) is 0 Å². The molecule has 0 unspecified atom stereocenters. The first-order valence-corrected chi connectivity index (χ1v) is 11.2. The van der Waals surface area contributed by atoms with Crippen molar-refractivity contribution in [3.8, 4) is 5.75 Å². The van der Waals surface area contributed by atoms with Crippen molar-refractivity contribution in [2.75, 3.05) is 0 Å².